The van der Waals surface area contributed by atoms with Crippen molar-refractivity contribution in [2.75, 3.05) is 26.7 Å². The predicted octanol–water partition coefficient (Wildman–Crippen LogP) is 1.94. The first-order valence-corrected chi connectivity index (χ1v) is 10.9. The number of carbonyl (C=O) groups is 2. The summed E-state index contributed by atoms with van der Waals surface area (Å²) >= 11 is 0. The van der Waals surface area contributed by atoms with Crippen LogP contribution in [-0.2, 0) is 21.5 Å². The summed E-state index contributed by atoms with van der Waals surface area (Å²) in [5.74, 6) is 0.0801. The molecule has 1 aliphatic carbocycles. The van der Waals surface area contributed by atoms with Gasteiger partial charge in [0.2, 0.25) is 11.8 Å². The third-order valence-electron chi connectivity index (χ3n) is 6.74. The first-order valence-electron chi connectivity index (χ1n) is 10.9. The summed E-state index contributed by atoms with van der Waals surface area (Å²) < 4.78 is 0. The molecule has 2 fully saturated rings. The van der Waals surface area contributed by atoms with Gasteiger partial charge in [-0.3, -0.25) is 14.9 Å². The van der Waals surface area contributed by atoms with Gasteiger partial charge in [-0.15, -0.1) is 0 Å². The SMILES string of the molecule is CN(CC(=O)N1CCCCCC1)C(=O)[C@@H]1Cc2[nH]cnc2C2(CCCCC2)N1. The van der Waals surface area contributed by atoms with Gasteiger partial charge in [0.15, 0.2) is 0 Å². The van der Waals surface area contributed by atoms with Crippen LogP contribution in [0, 0.1) is 0 Å². The first-order chi connectivity index (χ1) is 13.6. The van der Waals surface area contributed by atoms with Crippen molar-refractivity contribution in [3.05, 3.63) is 17.7 Å². The van der Waals surface area contributed by atoms with E-state index in [1.807, 2.05) is 4.90 Å². The number of fused-ring (bicyclic) bond motifs is 2. The lowest BCUT2D eigenvalue weighted by Crippen LogP contribution is -2.59. The molecule has 3 aliphatic rings. The summed E-state index contributed by atoms with van der Waals surface area (Å²) in [6.45, 7) is 1.81. The smallest absolute Gasteiger partial charge is 0.242 e. The van der Waals surface area contributed by atoms with Crippen molar-refractivity contribution in [2.45, 2.75) is 75.8 Å². The van der Waals surface area contributed by atoms with Crippen LogP contribution in [0.25, 0.3) is 0 Å². The lowest BCUT2D eigenvalue weighted by atomic mass is 9.75. The average molecular weight is 388 g/mol. The number of carbonyl (C=O) groups excluding carboxylic acids is 2. The third kappa shape index (κ3) is 3.81. The van der Waals surface area contributed by atoms with E-state index in [1.54, 1.807) is 18.3 Å². The largest absolute Gasteiger partial charge is 0.348 e. The highest BCUT2D eigenvalue weighted by molar-refractivity contribution is 5.87. The van der Waals surface area contributed by atoms with E-state index in [-0.39, 0.29) is 29.9 Å². The Kier molecular flexibility index (Phi) is 5.71. The Morgan fingerprint density at radius 2 is 1.82 bits per heavy atom. The van der Waals surface area contributed by atoms with Crippen LogP contribution in [0.5, 0.6) is 0 Å². The zero-order chi connectivity index (χ0) is 19.6. The number of aromatic nitrogens is 2. The average Bonchev–Trinajstić information content (AvgIpc) is 3.02. The molecular formula is C21H33N5O2. The van der Waals surface area contributed by atoms with Crippen LogP contribution in [0.15, 0.2) is 6.33 Å². The van der Waals surface area contributed by atoms with Gasteiger partial charge in [-0.25, -0.2) is 4.98 Å². The van der Waals surface area contributed by atoms with E-state index in [4.69, 9.17) is 0 Å². The van der Waals surface area contributed by atoms with Crippen molar-refractivity contribution < 1.29 is 9.59 Å². The normalized spacial score (nSPS) is 24.5. The molecule has 1 atom stereocenters. The fourth-order valence-corrected chi connectivity index (χ4v) is 5.20. The van der Waals surface area contributed by atoms with Crippen LogP contribution in [0.1, 0.15) is 69.2 Å². The molecule has 154 valence electrons. The topological polar surface area (TPSA) is 81.3 Å². The minimum atomic E-state index is -0.298. The summed E-state index contributed by atoms with van der Waals surface area (Å²) in [5, 5.41) is 3.66. The lowest BCUT2D eigenvalue weighted by Gasteiger charge is -2.44. The Bertz CT molecular complexity index is 701. The van der Waals surface area contributed by atoms with E-state index in [2.05, 4.69) is 15.3 Å². The minimum absolute atomic E-state index is 0.00775. The molecule has 1 spiro atoms. The quantitative estimate of drug-likeness (QED) is 0.831. The van der Waals surface area contributed by atoms with Gasteiger partial charge in [-0.1, -0.05) is 32.1 Å². The fraction of sp³-hybridized carbons (Fsp3) is 0.762. The maximum Gasteiger partial charge on any atom is 0.242 e. The van der Waals surface area contributed by atoms with Crippen molar-refractivity contribution in [2.24, 2.45) is 0 Å². The highest BCUT2D eigenvalue weighted by atomic mass is 16.2. The van der Waals surface area contributed by atoms with Crippen molar-refractivity contribution in [1.82, 2.24) is 25.1 Å². The summed E-state index contributed by atoms with van der Waals surface area (Å²) in [4.78, 5) is 37.3. The number of likely N-dealkylation sites (N-methyl/N-ethyl adjacent to an activating group) is 1. The van der Waals surface area contributed by atoms with Gasteiger partial charge >= 0.3 is 0 Å². The van der Waals surface area contributed by atoms with E-state index >= 15 is 0 Å². The number of aromatic amines is 1. The number of H-pyrrole nitrogens is 1. The fourth-order valence-electron chi connectivity index (χ4n) is 5.20. The molecular weight excluding hydrogens is 354 g/mol. The van der Waals surface area contributed by atoms with Crippen LogP contribution >= 0.6 is 0 Å². The van der Waals surface area contributed by atoms with Gasteiger partial charge in [0.1, 0.15) is 0 Å². The molecule has 4 rings (SSSR count). The molecule has 28 heavy (non-hydrogen) atoms. The number of imidazole rings is 1. The summed E-state index contributed by atoms with van der Waals surface area (Å²) in [6, 6.07) is -0.298. The molecule has 2 N–H and O–H groups in total. The monoisotopic (exact) mass is 387 g/mol. The highest BCUT2D eigenvalue weighted by Gasteiger charge is 2.45. The number of nitrogens with one attached hydrogen (secondary N) is 2. The van der Waals surface area contributed by atoms with Gasteiger partial charge in [0.05, 0.1) is 30.1 Å². The van der Waals surface area contributed by atoms with Gasteiger partial charge in [0.25, 0.3) is 0 Å². The molecule has 2 amide bonds. The van der Waals surface area contributed by atoms with Crippen molar-refractivity contribution >= 4 is 11.8 Å². The van der Waals surface area contributed by atoms with E-state index in [1.165, 1.54) is 19.3 Å². The predicted molar refractivity (Wildman–Crippen MR) is 107 cm³/mol. The Labute approximate surface area is 167 Å². The first kappa shape index (κ1) is 19.4. The van der Waals surface area contributed by atoms with E-state index in [0.29, 0.717) is 6.42 Å². The number of nitrogens with zero attached hydrogens (tertiary/aromatic N) is 3. The number of hydrogen-bond donors (Lipinski definition) is 2. The Morgan fingerprint density at radius 1 is 1.14 bits per heavy atom. The molecule has 7 nitrogen and oxygen atoms in total. The molecule has 0 unspecified atom stereocenters. The molecule has 0 bridgehead atoms. The zero-order valence-corrected chi connectivity index (χ0v) is 17.0. The van der Waals surface area contributed by atoms with Crippen LogP contribution < -0.4 is 5.32 Å². The second-order valence-corrected chi connectivity index (χ2v) is 8.76. The number of rotatable bonds is 3. The molecule has 1 aromatic heterocycles. The van der Waals surface area contributed by atoms with Crippen molar-refractivity contribution in [1.29, 1.82) is 0 Å². The summed E-state index contributed by atoms with van der Waals surface area (Å²) in [6.07, 6.45) is 12.5. The van der Waals surface area contributed by atoms with Crippen molar-refractivity contribution in [3.8, 4) is 0 Å². The van der Waals surface area contributed by atoms with Crippen LogP contribution in [0.2, 0.25) is 0 Å². The molecule has 3 heterocycles. The maximum atomic E-state index is 13.2. The Hall–Kier alpha value is -1.89. The standard InChI is InChI=1S/C21H33N5O2/c1-25(14-18(27)26-11-7-2-3-8-12-26)20(28)17-13-16-19(23-15-22-16)21(24-17)9-5-4-6-10-21/h15,17,24H,2-14H2,1H3,(H,22,23)/t17-/m0/s1. The highest BCUT2D eigenvalue weighted by Crippen LogP contribution is 2.40. The van der Waals surface area contributed by atoms with Gasteiger partial charge in [0, 0.05) is 32.3 Å². The molecule has 1 aromatic rings. The van der Waals surface area contributed by atoms with Crippen LogP contribution in [0.4, 0.5) is 0 Å². The third-order valence-corrected chi connectivity index (χ3v) is 6.74. The molecule has 7 heteroatoms. The van der Waals surface area contributed by atoms with E-state index in [0.717, 1.165) is 63.0 Å². The minimum Gasteiger partial charge on any atom is -0.348 e. The lowest BCUT2D eigenvalue weighted by molar-refractivity contribution is -0.141. The van der Waals surface area contributed by atoms with Crippen LogP contribution in [-0.4, -0.2) is 64.3 Å². The van der Waals surface area contributed by atoms with Gasteiger partial charge in [-0.05, 0) is 25.7 Å². The van der Waals surface area contributed by atoms with E-state index < -0.39 is 0 Å². The number of hydrogen-bond acceptors (Lipinski definition) is 4. The molecule has 1 saturated carbocycles. The second kappa shape index (κ2) is 8.23. The summed E-state index contributed by atoms with van der Waals surface area (Å²) in [5.41, 5.74) is 1.98. The molecule has 2 aliphatic heterocycles. The maximum absolute atomic E-state index is 13.2. The van der Waals surface area contributed by atoms with Gasteiger partial charge in [-0.2, -0.15) is 0 Å². The van der Waals surface area contributed by atoms with Crippen LogP contribution in [0.3, 0.4) is 0 Å². The number of likely N-dealkylation sites (tertiary alicyclic amines) is 1. The molecule has 0 radical (unpaired) electrons. The van der Waals surface area contributed by atoms with E-state index in [9.17, 15) is 9.59 Å². The Morgan fingerprint density at radius 3 is 2.54 bits per heavy atom. The molecule has 0 aromatic carbocycles. The van der Waals surface area contributed by atoms with Crippen molar-refractivity contribution in [3.63, 3.8) is 0 Å². The number of amides is 2. The molecule has 1 saturated heterocycles. The second-order valence-electron chi connectivity index (χ2n) is 8.76. The Balaban J connectivity index is 1.43. The summed E-state index contributed by atoms with van der Waals surface area (Å²) in [7, 11) is 1.76. The van der Waals surface area contributed by atoms with Gasteiger partial charge < -0.3 is 14.8 Å². The zero-order valence-electron chi connectivity index (χ0n) is 17.0.